The quantitative estimate of drug-likeness (QED) is 0.876. The minimum Gasteiger partial charge on any atom is -0.297 e. The third-order valence-electron chi connectivity index (χ3n) is 2.62. The number of anilines is 2. The first-order chi connectivity index (χ1) is 9.81. The molecule has 0 aliphatic heterocycles. The molecular formula is C13H11F3N4S. The largest absolute Gasteiger partial charge is 0.435 e. The highest BCUT2D eigenvalue weighted by atomic mass is 32.1. The summed E-state index contributed by atoms with van der Waals surface area (Å²) in [5.74, 6) is 0. The van der Waals surface area contributed by atoms with Crippen molar-refractivity contribution in [2.24, 2.45) is 0 Å². The first-order valence-electron chi connectivity index (χ1n) is 5.86. The molecule has 2 aromatic rings. The van der Waals surface area contributed by atoms with Crippen molar-refractivity contribution in [2.45, 2.75) is 13.1 Å². The van der Waals surface area contributed by atoms with Crippen LogP contribution >= 0.6 is 11.3 Å². The van der Waals surface area contributed by atoms with Gasteiger partial charge in [-0.05, 0) is 19.1 Å². The molecule has 21 heavy (non-hydrogen) atoms. The second-order valence-corrected chi connectivity index (χ2v) is 5.30. The summed E-state index contributed by atoms with van der Waals surface area (Å²) in [6, 6.07) is 8.88. The van der Waals surface area contributed by atoms with Crippen LogP contribution in [0.15, 0.2) is 24.3 Å². The molecule has 1 heterocycles. The topological polar surface area (TPSA) is 52.0 Å². The van der Waals surface area contributed by atoms with Crippen LogP contribution in [0.3, 0.4) is 0 Å². The van der Waals surface area contributed by atoms with E-state index < -0.39 is 16.7 Å². The molecule has 0 radical (unpaired) electrons. The molecule has 0 saturated carbocycles. The number of nitriles is 1. The molecule has 110 valence electrons. The van der Waals surface area contributed by atoms with E-state index in [-0.39, 0.29) is 5.13 Å². The number of aryl methyl sites for hydroxylation is 1. The van der Waals surface area contributed by atoms with Crippen molar-refractivity contribution in [2.75, 3.05) is 17.5 Å². The first-order valence-corrected chi connectivity index (χ1v) is 6.68. The van der Waals surface area contributed by atoms with E-state index >= 15 is 0 Å². The van der Waals surface area contributed by atoms with Gasteiger partial charge in [-0.3, -0.25) is 10.4 Å². The third-order valence-corrected chi connectivity index (χ3v) is 3.66. The van der Waals surface area contributed by atoms with Crippen molar-refractivity contribution in [3.63, 3.8) is 0 Å². The highest BCUT2D eigenvalue weighted by Crippen LogP contribution is 2.36. The second-order valence-electron chi connectivity index (χ2n) is 4.32. The van der Waals surface area contributed by atoms with Gasteiger partial charge >= 0.3 is 6.18 Å². The van der Waals surface area contributed by atoms with E-state index in [4.69, 9.17) is 5.26 Å². The lowest BCUT2D eigenvalue weighted by molar-refractivity contribution is -0.140. The number of nitrogens with zero attached hydrogens (tertiary/aromatic N) is 3. The monoisotopic (exact) mass is 312 g/mol. The van der Waals surface area contributed by atoms with Crippen molar-refractivity contribution >= 4 is 22.2 Å². The van der Waals surface area contributed by atoms with Crippen LogP contribution in [0.2, 0.25) is 0 Å². The number of halogens is 3. The molecule has 0 atom stereocenters. The smallest absolute Gasteiger partial charge is 0.297 e. The summed E-state index contributed by atoms with van der Waals surface area (Å²) < 4.78 is 38.2. The molecule has 0 bridgehead atoms. The highest BCUT2D eigenvalue weighted by Gasteiger charge is 2.38. The lowest BCUT2D eigenvalue weighted by Crippen LogP contribution is -2.24. The van der Waals surface area contributed by atoms with Gasteiger partial charge in [0.15, 0.2) is 5.69 Å². The lowest BCUT2D eigenvalue weighted by Gasteiger charge is -2.18. The predicted octanol–water partition coefficient (Wildman–Crippen LogP) is 3.81. The summed E-state index contributed by atoms with van der Waals surface area (Å²) in [6.07, 6.45) is -4.63. The Morgan fingerprint density at radius 3 is 2.38 bits per heavy atom. The van der Waals surface area contributed by atoms with Crippen LogP contribution < -0.4 is 10.4 Å². The summed E-state index contributed by atoms with van der Waals surface area (Å²) in [5, 5.41) is 10.2. The zero-order valence-electron chi connectivity index (χ0n) is 11.2. The van der Waals surface area contributed by atoms with Crippen LogP contribution in [0.25, 0.3) is 0 Å². The van der Waals surface area contributed by atoms with E-state index in [1.165, 1.54) is 11.1 Å². The van der Waals surface area contributed by atoms with Gasteiger partial charge in [-0.25, -0.2) is 4.98 Å². The zero-order valence-corrected chi connectivity index (χ0v) is 12.0. The standard InChI is InChI=1S/C13H11F3N4S/c1-8-3-5-9(6-4-8)19-20(2)12-18-11(13(14,15)16)10(7-17)21-12/h3-6,19H,1-2H3. The van der Waals surface area contributed by atoms with Crippen molar-refractivity contribution in [3.8, 4) is 6.07 Å². The van der Waals surface area contributed by atoms with Crippen molar-refractivity contribution in [1.82, 2.24) is 4.98 Å². The van der Waals surface area contributed by atoms with E-state index in [9.17, 15) is 13.2 Å². The molecule has 8 heteroatoms. The Kier molecular flexibility index (Phi) is 4.04. The van der Waals surface area contributed by atoms with Gasteiger partial charge in [0.05, 0.1) is 5.69 Å². The molecule has 1 N–H and O–H groups in total. The van der Waals surface area contributed by atoms with E-state index in [0.29, 0.717) is 17.0 Å². The maximum atomic E-state index is 12.7. The normalized spacial score (nSPS) is 11.0. The minimum absolute atomic E-state index is 0.0689. The van der Waals surface area contributed by atoms with Crippen LogP contribution in [0.1, 0.15) is 16.1 Å². The van der Waals surface area contributed by atoms with Gasteiger partial charge in [-0.15, -0.1) is 0 Å². The molecule has 0 spiro atoms. The van der Waals surface area contributed by atoms with Gasteiger partial charge in [0.1, 0.15) is 10.9 Å². The zero-order chi connectivity index (χ0) is 15.6. The molecule has 1 aromatic carbocycles. The Labute approximate surface area is 123 Å². The van der Waals surface area contributed by atoms with E-state index in [2.05, 4.69) is 10.4 Å². The van der Waals surface area contributed by atoms with Crippen LogP contribution in [-0.2, 0) is 6.18 Å². The van der Waals surface area contributed by atoms with E-state index in [1.54, 1.807) is 19.2 Å². The Morgan fingerprint density at radius 2 is 1.90 bits per heavy atom. The summed E-state index contributed by atoms with van der Waals surface area (Å²) in [5.41, 5.74) is 3.54. The molecule has 0 aliphatic carbocycles. The highest BCUT2D eigenvalue weighted by molar-refractivity contribution is 7.16. The molecule has 0 saturated heterocycles. The van der Waals surface area contributed by atoms with E-state index in [1.807, 2.05) is 19.1 Å². The number of thiazole rings is 1. The summed E-state index contributed by atoms with van der Waals surface area (Å²) >= 11 is 0.688. The van der Waals surface area contributed by atoms with Gasteiger partial charge in [0.25, 0.3) is 0 Å². The Hall–Kier alpha value is -2.27. The Balaban J connectivity index is 2.24. The fourth-order valence-electron chi connectivity index (χ4n) is 1.59. The Bertz CT molecular complexity index is 670. The molecule has 0 amide bonds. The van der Waals surface area contributed by atoms with Crippen LogP contribution in [0, 0.1) is 18.3 Å². The van der Waals surface area contributed by atoms with E-state index in [0.717, 1.165) is 5.56 Å². The average Bonchev–Trinajstić information content (AvgIpc) is 2.85. The maximum absolute atomic E-state index is 12.7. The van der Waals surface area contributed by atoms with Crippen LogP contribution in [0.5, 0.6) is 0 Å². The number of hydrogen-bond donors (Lipinski definition) is 1. The van der Waals surface area contributed by atoms with Gasteiger partial charge in [-0.2, -0.15) is 18.4 Å². The summed E-state index contributed by atoms with van der Waals surface area (Å²) in [6.45, 7) is 1.93. The number of hydrogen-bond acceptors (Lipinski definition) is 5. The van der Waals surface area contributed by atoms with Crippen molar-refractivity contribution in [3.05, 3.63) is 40.4 Å². The number of alkyl halides is 3. The minimum atomic E-state index is -4.63. The van der Waals surface area contributed by atoms with Gasteiger partial charge < -0.3 is 0 Å². The number of benzene rings is 1. The van der Waals surface area contributed by atoms with Crippen molar-refractivity contribution < 1.29 is 13.2 Å². The average molecular weight is 312 g/mol. The molecule has 0 aliphatic rings. The second kappa shape index (κ2) is 5.61. The number of aromatic nitrogens is 1. The SMILES string of the molecule is Cc1ccc(NN(C)c2nc(C(F)(F)F)c(C#N)s2)cc1. The van der Waals surface area contributed by atoms with Gasteiger partial charge in [0.2, 0.25) is 5.13 Å². The number of rotatable bonds is 3. The number of hydrazine groups is 1. The van der Waals surface area contributed by atoms with Crippen LogP contribution in [-0.4, -0.2) is 12.0 Å². The fourth-order valence-corrected chi connectivity index (χ4v) is 2.40. The van der Waals surface area contributed by atoms with Gasteiger partial charge in [0, 0.05) is 7.05 Å². The van der Waals surface area contributed by atoms with Crippen molar-refractivity contribution in [1.29, 1.82) is 5.26 Å². The molecule has 2 rings (SSSR count). The number of nitrogens with one attached hydrogen (secondary N) is 1. The first kappa shape index (κ1) is 15.1. The van der Waals surface area contributed by atoms with Crippen LogP contribution in [0.4, 0.5) is 24.0 Å². The maximum Gasteiger partial charge on any atom is 0.435 e. The predicted molar refractivity (Wildman–Crippen MR) is 75.0 cm³/mol. The molecule has 0 unspecified atom stereocenters. The molecule has 1 aromatic heterocycles. The van der Waals surface area contributed by atoms with Gasteiger partial charge in [-0.1, -0.05) is 29.0 Å². The third kappa shape index (κ3) is 3.44. The molecule has 0 fully saturated rings. The lowest BCUT2D eigenvalue weighted by atomic mass is 10.2. The molecular weight excluding hydrogens is 301 g/mol. The Morgan fingerprint density at radius 1 is 1.29 bits per heavy atom. The summed E-state index contributed by atoms with van der Waals surface area (Å²) in [4.78, 5) is 3.05. The fraction of sp³-hybridized carbons (Fsp3) is 0.231. The molecule has 4 nitrogen and oxygen atoms in total. The summed E-state index contributed by atoms with van der Waals surface area (Å²) in [7, 11) is 1.54.